The predicted molar refractivity (Wildman–Crippen MR) is 212 cm³/mol. The van der Waals surface area contributed by atoms with Crippen molar-refractivity contribution in [3.63, 3.8) is 0 Å². The van der Waals surface area contributed by atoms with Crippen molar-refractivity contribution in [2.75, 3.05) is 0 Å². The molecule has 214 valence electrons. The zero-order valence-electron chi connectivity index (χ0n) is 26.6. The van der Waals surface area contributed by atoms with E-state index in [4.69, 9.17) is 0 Å². The first kappa shape index (κ1) is 25.6. The van der Waals surface area contributed by atoms with Crippen LogP contribution in [0.15, 0.2) is 127 Å². The number of fused-ring (bicyclic) bond motifs is 6. The Bertz CT molecular complexity index is 3070. The van der Waals surface area contributed by atoms with E-state index in [9.17, 15) is 0 Å². The largest absolute Gasteiger partial charge is 0.140 e. The van der Waals surface area contributed by atoms with Crippen LogP contribution in [0.4, 0.5) is 0 Å². The third kappa shape index (κ3) is 3.07. The SMILES string of the molecule is Bc1cc2c3cccc(-c4ccccc4)c3c3cc(B)c4c(C)cc5c6cccc(-c7ccccc7)c6c6ccc1c1c6c5c4c3c21. The molecule has 11 aromatic rings. The second-order valence-corrected chi connectivity index (χ2v) is 13.7. The molecule has 2 heteroatoms. The van der Waals surface area contributed by atoms with Gasteiger partial charge < -0.3 is 0 Å². The van der Waals surface area contributed by atoms with Gasteiger partial charge in [0.25, 0.3) is 0 Å². The van der Waals surface area contributed by atoms with Crippen molar-refractivity contribution in [3.05, 3.63) is 133 Å². The van der Waals surface area contributed by atoms with Gasteiger partial charge in [-0.05, 0) is 121 Å². The van der Waals surface area contributed by atoms with E-state index in [1.54, 1.807) is 0 Å². The van der Waals surface area contributed by atoms with Crippen LogP contribution in [-0.2, 0) is 0 Å². The minimum atomic E-state index is 1.26. The summed E-state index contributed by atoms with van der Waals surface area (Å²) in [5.41, 5.74) is 9.18. The van der Waals surface area contributed by atoms with Gasteiger partial charge >= 0.3 is 0 Å². The highest BCUT2D eigenvalue weighted by Crippen LogP contribution is 2.54. The minimum Gasteiger partial charge on any atom is -0.0806 e. The molecule has 0 aromatic heterocycles. The van der Waals surface area contributed by atoms with Crippen molar-refractivity contribution in [2.45, 2.75) is 6.92 Å². The second kappa shape index (κ2) is 8.81. The van der Waals surface area contributed by atoms with Gasteiger partial charge in [-0.15, -0.1) is 0 Å². The molecule has 11 rings (SSSR count). The lowest BCUT2D eigenvalue weighted by Gasteiger charge is -2.27. The Morgan fingerprint density at radius 3 is 1.47 bits per heavy atom. The smallest absolute Gasteiger partial charge is 0.0806 e. The highest BCUT2D eigenvalue weighted by Gasteiger charge is 2.27. The molecular formula is C45H28B2. The fraction of sp³-hybridized carbons (Fsp3) is 0.0222. The first-order chi connectivity index (χ1) is 23.1. The fourth-order valence-electron chi connectivity index (χ4n) is 9.48. The van der Waals surface area contributed by atoms with Gasteiger partial charge in [0.05, 0.1) is 0 Å². The molecule has 0 radical (unpaired) electrons. The van der Waals surface area contributed by atoms with Crippen molar-refractivity contribution >= 4 is 113 Å². The van der Waals surface area contributed by atoms with Gasteiger partial charge in [-0.2, -0.15) is 0 Å². The number of hydrogen-bond donors (Lipinski definition) is 0. The predicted octanol–water partition coefficient (Wildman–Crippen LogP) is 9.38. The molecule has 47 heavy (non-hydrogen) atoms. The quantitative estimate of drug-likeness (QED) is 0.107. The van der Waals surface area contributed by atoms with E-state index in [1.165, 1.54) is 125 Å². The summed E-state index contributed by atoms with van der Waals surface area (Å²) in [5.74, 6) is 0. The summed E-state index contributed by atoms with van der Waals surface area (Å²) in [6, 6.07) is 48.0. The first-order valence-corrected chi connectivity index (χ1v) is 16.7. The molecule has 0 N–H and O–H groups in total. The molecule has 0 aliphatic carbocycles. The van der Waals surface area contributed by atoms with Crippen LogP contribution in [-0.4, -0.2) is 15.7 Å². The third-order valence-corrected chi connectivity index (χ3v) is 11.2. The highest BCUT2D eigenvalue weighted by molar-refractivity contribution is 6.57. The first-order valence-electron chi connectivity index (χ1n) is 16.7. The Morgan fingerprint density at radius 2 is 0.809 bits per heavy atom. The van der Waals surface area contributed by atoms with Gasteiger partial charge in [-0.1, -0.05) is 138 Å². The molecule has 0 unspecified atom stereocenters. The van der Waals surface area contributed by atoms with E-state index in [0.29, 0.717) is 0 Å². The summed E-state index contributed by atoms with van der Waals surface area (Å²) in [5, 5.41) is 22.2. The van der Waals surface area contributed by atoms with E-state index < -0.39 is 0 Å². The lowest BCUT2D eigenvalue weighted by molar-refractivity contribution is 1.58. The van der Waals surface area contributed by atoms with E-state index in [0.717, 1.165) is 0 Å². The molecule has 0 bridgehead atoms. The van der Waals surface area contributed by atoms with Crippen molar-refractivity contribution in [3.8, 4) is 22.3 Å². The van der Waals surface area contributed by atoms with E-state index in [1.807, 2.05) is 0 Å². The van der Waals surface area contributed by atoms with Crippen molar-refractivity contribution in [1.82, 2.24) is 0 Å². The van der Waals surface area contributed by atoms with Gasteiger partial charge in [-0.25, -0.2) is 0 Å². The molecule has 0 aliphatic heterocycles. The normalized spacial score (nSPS) is 12.5. The lowest BCUT2D eigenvalue weighted by Crippen LogP contribution is -2.10. The van der Waals surface area contributed by atoms with Crippen LogP contribution in [0.1, 0.15) is 5.56 Å². The molecule has 0 nitrogen and oxygen atoms in total. The molecular weight excluding hydrogens is 562 g/mol. The average Bonchev–Trinajstić information content (AvgIpc) is 3.11. The lowest BCUT2D eigenvalue weighted by atomic mass is 9.73. The monoisotopic (exact) mass is 590 g/mol. The number of benzene rings is 11. The topological polar surface area (TPSA) is 0 Å². The maximum absolute atomic E-state index is 2.50. The van der Waals surface area contributed by atoms with Crippen LogP contribution >= 0.6 is 0 Å². The molecule has 0 saturated heterocycles. The van der Waals surface area contributed by atoms with Crippen LogP contribution in [0.2, 0.25) is 0 Å². The van der Waals surface area contributed by atoms with Crippen LogP contribution < -0.4 is 10.9 Å². The Morgan fingerprint density at radius 1 is 0.319 bits per heavy atom. The van der Waals surface area contributed by atoms with Crippen molar-refractivity contribution in [2.24, 2.45) is 0 Å². The van der Waals surface area contributed by atoms with Gasteiger partial charge in [0.1, 0.15) is 15.7 Å². The Labute approximate surface area is 274 Å². The summed E-state index contributed by atoms with van der Waals surface area (Å²) >= 11 is 0. The van der Waals surface area contributed by atoms with Crippen LogP contribution in [0.25, 0.3) is 108 Å². The molecule has 0 aliphatic rings. The maximum Gasteiger partial charge on any atom is 0.140 e. The van der Waals surface area contributed by atoms with Crippen molar-refractivity contribution < 1.29 is 0 Å². The minimum absolute atomic E-state index is 1.26. The molecule has 11 aromatic carbocycles. The third-order valence-electron chi connectivity index (χ3n) is 11.2. The van der Waals surface area contributed by atoms with Gasteiger partial charge in [0.2, 0.25) is 0 Å². The van der Waals surface area contributed by atoms with Crippen LogP contribution in [0.3, 0.4) is 0 Å². The number of aryl methyl sites for hydroxylation is 1. The molecule has 0 amide bonds. The Hall–Kier alpha value is -5.59. The Kier molecular flexibility index (Phi) is 4.80. The zero-order valence-corrected chi connectivity index (χ0v) is 26.6. The summed E-state index contributed by atoms with van der Waals surface area (Å²) < 4.78 is 0. The van der Waals surface area contributed by atoms with Crippen molar-refractivity contribution in [1.29, 1.82) is 0 Å². The zero-order chi connectivity index (χ0) is 31.1. The summed E-state index contributed by atoms with van der Waals surface area (Å²) in [7, 11) is 4.63. The molecule has 0 atom stereocenters. The van der Waals surface area contributed by atoms with Gasteiger partial charge in [0.15, 0.2) is 0 Å². The number of rotatable bonds is 2. The number of hydrogen-bond acceptors (Lipinski definition) is 0. The summed E-state index contributed by atoms with van der Waals surface area (Å²) in [4.78, 5) is 0. The second-order valence-electron chi connectivity index (χ2n) is 13.7. The molecule has 0 spiro atoms. The summed E-state index contributed by atoms with van der Waals surface area (Å²) in [6.45, 7) is 2.32. The summed E-state index contributed by atoms with van der Waals surface area (Å²) in [6.07, 6.45) is 0. The van der Waals surface area contributed by atoms with Crippen LogP contribution in [0, 0.1) is 6.92 Å². The fourth-order valence-corrected chi connectivity index (χ4v) is 9.48. The van der Waals surface area contributed by atoms with E-state index >= 15 is 0 Å². The van der Waals surface area contributed by atoms with E-state index in [2.05, 4.69) is 150 Å². The molecule has 0 heterocycles. The van der Waals surface area contributed by atoms with Crippen LogP contribution in [0.5, 0.6) is 0 Å². The average molecular weight is 590 g/mol. The molecule has 0 fully saturated rings. The molecule has 0 saturated carbocycles. The maximum atomic E-state index is 2.50. The standard InChI is InChI=1S/C45H28B2/c1-23-20-32-28-16-8-14-26(24-10-4-2-5-11-24)38(28)31-19-18-30-35(46)21-33-29-17-9-15-27(25-12-6-3-7-13-25)39(29)34-22-36(47)37(23)45-43(32)41(31)40(30)42(33)44(34)45/h2-22H,46-47H2,1H3. The van der Waals surface area contributed by atoms with E-state index in [-0.39, 0.29) is 0 Å². The highest BCUT2D eigenvalue weighted by atomic mass is 14.3. The Balaban J connectivity index is 1.51. The van der Waals surface area contributed by atoms with Gasteiger partial charge in [0, 0.05) is 0 Å². The van der Waals surface area contributed by atoms with Gasteiger partial charge in [-0.3, -0.25) is 0 Å².